The zero-order valence-corrected chi connectivity index (χ0v) is 11.1. The largest absolute Gasteiger partial charge is 0.417 e. The first-order chi connectivity index (χ1) is 9.29. The number of ketones is 1. The van der Waals surface area contributed by atoms with Crippen molar-refractivity contribution in [3.05, 3.63) is 70.3 Å². The smallest absolute Gasteiger partial charge is 0.289 e. The monoisotopic (exact) mass is 278 g/mol. The molecule has 2 aromatic rings. The van der Waals surface area contributed by atoms with Crippen LogP contribution in [-0.4, -0.2) is 5.78 Å². The van der Waals surface area contributed by atoms with Gasteiger partial charge < -0.3 is 0 Å². The average molecular weight is 278 g/mol. The van der Waals surface area contributed by atoms with E-state index in [0.717, 1.165) is 17.2 Å². The maximum Gasteiger partial charge on any atom is 0.417 e. The number of carbonyl (C=O) groups is 1. The summed E-state index contributed by atoms with van der Waals surface area (Å²) in [7, 11) is 0. The standard InChI is InChI=1S/C16H13F3O/c1-10-7-11(2)9-12(8-10)15(20)13-5-3-4-6-14(13)16(17,18)19/h3-9H,1-2H3. The van der Waals surface area contributed by atoms with E-state index in [2.05, 4.69) is 0 Å². The fourth-order valence-corrected chi connectivity index (χ4v) is 2.19. The van der Waals surface area contributed by atoms with E-state index >= 15 is 0 Å². The summed E-state index contributed by atoms with van der Waals surface area (Å²) in [5, 5.41) is 0. The SMILES string of the molecule is Cc1cc(C)cc(C(=O)c2ccccc2C(F)(F)F)c1. The van der Waals surface area contributed by atoms with E-state index in [-0.39, 0.29) is 11.1 Å². The minimum absolute atomic E-state index is 0.277. The number of alkyl halides is 3. The van der Waals surface area contributed by atoms with Crippen LogP contribution in [0.25, 0.3) is 0 Å². The van der Waals surface area contributed by atoms with Crippen LogP contribution in [0.15, 0.2) is 42.5 Å². The molecule has 104 valence electrons. The van der Waals surface area contributed by atoms with Gasteiger partial charge in [0.1, 0.15) is 0 Å². The van der Waals surface area contributed by atoms with E-state index in [1.54, 1.807) is 26.0 Å². The third-order valence-electron chi connectivity index (χ3n) is 2.96. The molecule has 0 radical (unpaired) electrons. The summed E-state index contributed by atoms with van der Waals surface area (Å²) in [6.45, 7) is 3.61. The number of carbonyl (C=O) groups excluding carboxylic acids is 1. The van der Waals surface area contributed by atoms with Crippen LogP contribution >= 0.6 is 0 Å². The molecule has 0 fully saturated rings. The van der Waals surface area contributed by atoms with Crippen molar-refractivity contribution in [1.29, 1.82) is 0 Å². The van der Waals surface area contributed by atoms with Crippen LogP contribution in [0.1, 0.15) is 32.6 Å². The van der Waals surface area contributed by atoms with Gasteiger partial charge in [0.2, 0.25) is 0 Å². The highest BCUT2D eigenvalue weighted by atomic mass is 19.4. The molecule has 0 aromatic heterocycles. The van der Waals surface area contributed by atoms with Gasteiger partial charge in [0, 0.05) is 11.1 Å². The normalized spacial score (nSPS) is 11.4. The highest BCUT2D eigenvalue weighted by molar-refractivity contribution is 6.10. The number of rotatable bonds is 2. The van der Waals surface area contributed by atoms with Crippen molar-refractivity contribution >= 4 is 5.78 Å². The van der Waals surface area contributed by atoms with Crippen molar-refractivity contribution in [2.75, 3.05) is 0 Å². The molecule has 0 spiro atoms. The lowest BCUT2D eigenvalue weighted by Gasteiger charge is -2.12. The number of hydrogen-bond acceptors (Lipinski definition) is 1. The molecule has 1 nitrogen and oxygen atoms in total. The summed E-state index contributed by atoms with van der Waals surface area (Å²) in [6, 6.07) is 9.92. The van der Waals surface area contributed by atoms with Gasteiger partial charge in [-0.15, -0.1) is 0 Å². The van der Waals surface area contributed by atoms with Gasteiger partial charge in [0.15, 0.2) is 5.78 Å². The second-order valence-corrected chi connectivity index (χ2v) is 4.75. The molecule has 4 heteroatoms. The molecule has 0 unspecified atom stereocenters. The molecule has 0 heterocycles. The molecular formula is C16H13F3O. The number of hydrogen-bond donors (Lipinski definition) is 0. The molecular weight excluding hydrogens is 265 g/mol. The van der Waals surface area contributed by atoms with Gasteiger partial charge in [-0.3, -0.25) is 4.79 Å². The van der Waals surface area contributed by atoms with Crippen molar-refractivity contribution in [2.24, 2.45) is 0 Å². The van der Waals surface area contributed by atoms with E-state index in [4.69, 9.17) is 0 Å². The Bertz CT molecular complexity index is 637. The Kier molecular flexibility index (Phi) is 3.66. The van der Waals surface area contributed by atoms with Crippen molar-refractivity contribution in [3.63, 3.8) is 0 Å². The number of benzene rings is 2. The van der Waals surface area contributed by atoms with Crippen LogP contribution in [0.2, 0.25) is 0 Å². The molecule has 0 aliphatic rings. The Morgan fingerprint density at radius 2 is 1.50 bits per heavy atom. The molecule has 0 saturated carbocycles. The first-order valence-electron chi connectivity index (χ1n) is 6.08. The van der Waals surface area contributed by atoms with E-state index in [0.29, 0.717) is 0 Å². The Hall–Kier alpha value is -2.10. The second kappa shape index (κ2) is 5.12. The van der Waals surface area contributed by atoms with Gasteiger partial charge >= 0.3 is 6.18 Å². The molecule has 2 aromatic carbocycles. The summed E-state index contributed by atoms with van der Waals surface area (Å²) in [5.41, 5.74) is 0.754. The zero-order valence-electron chi connectivity index (χ0n) is 11.1. The van der Waals surface area contributed by atoms with Crippen LogP contribution in [-0.2, 0) is 6.18 Å². The Morgan fingerprint density at radius 1 is 0.950 bits per heavy atom. The van der Waals surface area contributed by atoms with Gasteiger partial charge in [-0.2, -0.15) is 13.2 Å². The van der Waals surface area contributed by atoms with Gasteiger partial charge in [-0.25, -0.2) is 0 Å². The van der Waals surface area contributed by atoms with Crippen molar-refractivity contribution in [1.82, 2.24) is 0 Å². The maximum atomic E-state index is 12.9. The molecule has 0 bridgehead atoms. The van der Waals surface area contributed by atoms with E-state index in [1.807, 2.05) is 6.07 Å². The molecule has 0 saturated heterocycles. The third kappa shape index (κ3) is 2.90. The number of halogens is 3. The summed E-state index contributed by atoms with van der Waals surface area (Å²) < 4.78 is 38.8. The van der Waals surface area contributed by atoms with Crippen molar-refractivity contribution in [2.45, 2.75) is 20.0 Å². The summed E-state index contributed by atoms with van der Waals surface area (Å²) >= 11 is 0. The minimum Gasteiger partial charge on any atom is -0.289 e. The summed E-state index contributed by atoms with van der Waals surface area (Å²) in [4.78, 5) is 12.3. The lowest BCUT2D eigenvalue weighted by Crippen LogP contribution is -2.13. The zero-order chi connectivity index (χ0) is 14.9. The third-order valence-corrected chi connectivity index (χ3v) is 2.96. The predicted octanol–water partition coefficient (Wildman–Crippen LogP) is 4.55. The topological polar surface area (TPSA) is 17.1 Å². The van der Waals surface area contributed by atoms with Crippen LogP contribution in [0.4, 0.5) is 13.2 Å². The molecule has 0 aliphatic heterocycles. The number of aryl methyl sites for hydroxylation is 2. The average Bonchev–Trinajstić information content (AvgIpc) is 2.35. The molecule has 0 amide bonds. The van der Waals surface area contributed by atoms with Gasteiger partial charge in [-0.05, 0) is 32.0 Å². The Balaban J connectivity index is 2.54. The van der Waals surface area contributed by atoms with Crippen LogP contribution in [0.5, 0.6) is 0 Å². The molecule has 20 heavy (non-hydrogen) atoms. The summed E-state index contributed by atoms with van der Waals surface area (Å²) in [6.07, 6.45) is -4.54. The fraction of sp³-hybridized carbons (Fsp3) is 0.188. The van der Waals surface area contributed by atoms with E-state index in [1.165, 1.54) is 18.2 Å². The highest BCUT2D eigenvalue weighted by Gasteiger charge is 2.34. The minimum atomic E-state index is -4.54. The highest BCUT2D eigenvalue weighted by Crippen LogP contribution is 2.32. The summed E-state index contributed by atoms with van der Waals surface area (Å²) in [5.74, 6) is -0.607. The molecule has 2 rings (SSSR count). The van der Waals surface area contributed by atoms with E-state index < -0.39 is 17.5 Å². The fourth-order valence-electron chi connectivity index (χ4n) is 2.19. The van der Waals surface area contributed by atoms with Crippen molar-refractivity contribution in [3.8, 4) is 0 Å². The van der Waals surface area contributed by atoms with E-state index in [9.17, 15) is 18.0 Å². The Labute approximate surface area is 115 Å². The lowest BCUT2D eigenvalue weighted by molar-refractivity contribution is -0.137. The maximum absolute atomic E-state index is 12.9. The first-order valence-corrected chi connectivity index (χ1v) is 6.08. The predicted molar refractivity (Wildman–Crippen MR) is 70.8 cm³/mol. The second-order valence-electron chi connectivity index (χ2n) is 4.75. The molecule has 0 N–H and O–H groups in total. The lowest BCUT2D eigenvalue weighted by atomic mass is 9.96. The van der Waals surface area contributed by atoms with Crippen LogP contribution < -0.4 is 0 Å². The van der Waals surface area contributed by atoms with Crippen molar-refractivity contribution < 1.29 is 18.0 Å². The van der Waals surface area contributed by atoms with Crippen LogP contribution in [0, 0.1) is 13.8 Å². The molecule has 0 atom stereocenters. The van der Waals surface area contributed by atoms with Crippen LogP contribution in [0.3, 0.4) is 0 Å². The molecule has 0 aliphatic carbocycles. The quantitative estimate of drug-likeness (QED) is 0.736. The first kappa shape index (κ1) is 14.3. The van der Waals surface area contributed by atoms with Gasteiger partial charge in [0.25, 0.3) is 0 Å². The van der Waals surface area contributed by atoms with Gasteiger partial charge in [-0.1, -0.05) is 35.4 Å². The Morgan fingerprint density at radius 3 is 2.05 bits per heavy atom. The van der Waals surface area contributed by atoms with Gasteiger partial charge in [0.05, 0.1) is 5.56 Å².